The van der Waals surface area contributed by atoms with Gasteiger partial charge in [-0.15, -0.1) is 14.1 Å². The van der Waals surface area contributed by atoms with E-state index in [4.69, 9.17) is 5.41 Å². The predicted molar refractivity (Wildman–Crippen MR) is 26.9 cm³/mol. The van der Waals surface area contributed by atoms with Gasteiger partial charge in [0.2, 0.25) is 0 Å². The molecule has 0 aromatic rings. The topological polar surface area (TPSA) is 50.5 Å². The van der Waals surface area contributed by atoms with Gasteiger partial charge < -0.3 is 22.0 Å². The first-order valence-electron chi connectivity index (χ1n) is 1.57. The third-order valence-electron chi connectivity index (χ3n) is 0.400. The highest BCUT2D eigenvalue weighted by atomic mass is 15.1. The monoisotopic (exact) mass is 84.1 g/mol. The maximum Gasteiger partial charge on any atom is -0.146 e. The Morgan fingerprint density at radius 3 is 1.67 bits per heavy atom. The number of rotatable bonds is 0. The van der Waals surface area contributed by atoms with Gasteiger partial charge in [-0.2, -0.15) is 0 Å². The maximum atomic E-state index is 8.25. The quantitative estimate of drug-likeness (QED) is 0.309. The van der Waals surface area contributed by atoms with Crippen molar-refractivity contribution in [1.82, 2.24) is 0 Å². The summed E-state index contributed by atoms with van der Waals surface area (Å²) in [5.41, 5.74) is 0. The number of hydrogen-bond donors (Lipinski definition) is 0. The van der Waals surface area contributed by atoms with Crippen LogP contribution in [0.5, 0.6) is 0 Å². The smallest absolute Gasteiger partial charge is 0.146 e. The van der Waals surface area contributed by atoms with E-state index in [1.54, 1.807) is 0 Å². The van der Waals surface area contributed by atoms with Gasteiger partial charge in [0, 0.05) is 0 Å². The molecule has 0 aromatic heterocycles. The summed E-state index contributed by atoms with van der Waals surface area (Å²) in [6.07, 6.45) is 0. The first-order chi connectivity index (χ1) is 2.81. The van der Waals surface area contributed by atoms with E-state index in [1.165, 1.54) is 14.1 Å². The Labute approximate surface area is 37.3 Å². The lowest BCUT2D eigenvalue weighted by Gasteiger charge is -2.39. The minimum absolute atomic E-state index is 0.157. The van der Waals surface area contributed by atoms with Gasteiger partial charge in [-0.05, 0) is 0 Å². The molecule has 0 fully saturated rings. The van der Waals surface area contributed by atoms with E-state index in [0.29, 0.717) is 0 Å². The molecule has 0 N–H and O–H groups in total. The molecule has 0 aliphatic rings. The molecule has 0 atom stereocenters. The van der Waals surface area contributed by atoms with Crippen LogP contribution in [0.2, 0.25) is 0 Å². The summed E-state index contributed by atoms with van der Waals surface area (Å²) in [6, 6.07) is 0. The number of nitrogens with zero attached hydrogens (tertiary/aromatic N) is 3. The van der Waals surface area contributed by atoms with Crippen molar-refractivity contribution >= 4 is 5.96 Å². The molecule has 0 saturated heterocycles. The summed E-state index contributed by atoms with van der Waals surface area (Å²) in [5, 5.41) is 14.9. The summed E-state index contributed by atoms with van der Waals surface area (Å²) in [7, 11) is 2.95. The standard InChI is InChI=1S/C3H6N3/c1-5-3(4)6-2/h1-2H3/q-3. The van der Waals surface area contributed by atoms with Crippen molar-refractivity contribution in [2.75, 3.05) is 14.1 Å². The van der Waals surface area contributed by atoms with Gasteiger partial charge in [0.15, 0.2) is 0 Å². The molecule has 0 heterocycles. The van der Waals surface area contributed by atoms with Crippen molar-refractivity contribution in [2.45, 2.75) is 0 Å². The second-order valence-electron chi connectivity index (χ2n) is 0.747. The lowest BCUT2D eigenvalue weighted by atomic mass is 10.9. The zero-order valence-corrected chi connectivity index (χ0v) is 3.84. The van der Waals surface area contributed by atoms with E-state index in [2.05, 4.69) is 10.6 Å². The van der Waals surface area contributed by atoms with Crippen molar-refractivity contribution in [3.63, 3.8) is 0 Å². The van der Waals surface area contributed by atoms with E-state index >= 15 is 0 Å². The van der Waals surface area contributed by atoms with Gasteiger partial charge in [-0.1, -0.05) is 0 Å². The highest BCUT2D eigenvalue weighted by molar-refractivity contribution is 6.04. The van der Waals surface area contributed by atoms with Crippen LogP contribution in [0.25, 0.3) is 16.0 Å². The molecule has 0 rings (SSSR count). The van der Waals surface area contributed by atoms with Gasteiger partial charge in [0.05, 0.1) is 0 Å². The zero-order chi connectivity index (χ0) is 4.99. The van der Waals surface area contributed by atoms with Gasteiger partial charge >= 0.3 is 0 Å². The number of hydrogen-bond acceptors (Lipinski definition) is 0. The van der Waals surface area contributed by atoms with Gasteiger partial charge in [-0.3, -0.25) is 0 Å². The summed E-state index contributed by atoms with van der Waals surface area (Å²) < 4.78 is 0. The third-order valence-corrected chi connectivity index (χ3v) is 0.400. The van der Waals surface area contributed by atoms with Crippen LogP contribution in [-0.2, 0) is 0 Å². The highest BCUT2D eigenvalue weighted by Gasteiger charge is 1.31. The third kappa shape index (κ3) is 1.58. The first kappa shape index (κ1) is 5.27. The maximum absolute atomic E-state index is 8.25. The first-order valence-corrected chi connectivity index (χ1v) is 1.57. The molecule has 0 amide bonds. The normalized spacial score (nSPS) is 7.00. The number of guanidine groups is 1. The molecule has 0 unspecified atom stereocenters. The van der Waals surface area contributed by atoms with Crippen LogP contribution in [0.15, 0.2) is 0 Å². The predicted octanol–water partition coefficient (Wildman–Crippen LogP) is 0.919. The lowest BCUT2D eigenvalue weighted by molar-refractivity contribution is 1.72. The molecule has 3 heteroatoms. The Kier molecular flexibility index (Phi) is 2.20. The van der Waals surface area contributed by atoms with Crippen LogP contribution in [0.4, 0.5) is 0 Å². The molecule has 36 valence electrons. The van der Waals surface area contributed by atoms with E-state index in [0.717, 1.165) is 0 Å². The van der Waals surface area contributed by atoms with Crippen molar-refractivity contribution in [2.24, 2.45) is 0 Å². The molecule has 0 aliphatic carbocycles. The fourth-order valence-electron chi connectivity index (χ4n) is 0.100. The summed E-state index contributed by atoms with van der Waals surface area (Å²) >= 11 is 0. The van der Waals surface area contributed by atoms with E-state index in [-0.39, 0.29) is 5.96 Å². The fourth-order valence-corrected chi connectivity index (χ4v) is 0.100. The van der Waals surface area contributed by atoms with Crippen LogP contribution in [0.3, 0.4) is 0 Å². The fraction of sp³-hybridized carbons (Fsp3) is 0.667. The molecule has 0 saturated carbocycles. The molecular weight excluding hydrogens is 78.1 g/mol. The minimum Gasteiger partial charge on any atom is -0.845 e. The van der Waals surface area contributed by atoms with Crippen LogP contribution >= 0.6 is 0 Å². The zero-order valence-electron chi connectivity index (χ0n) is 3.84. The van der Waals surface area contributed by atoms with Crippen molar-refractivity contribution in [1.29, 1.82) is 0 Å². The average molecular weight is 84.1 g/mol. The molecule has 0 spiro atoms. The summed E-state index contributed by atoms with van der Waals surface area (Å²) in [5.74, 6) is -0.157. The van der Waals surface area contributed by atoms with Crippen LogP contribution < -0.4 is 0 Å². The molecule has 6 heavy (non-hydrogen) atoms. The average Bonchev–Trinajstić information content (AvgIpc) is 1.65. The Hall–Kier alpha value is -0.730. The molecule has 0 aromatic carbocycles. The SMILES string of the molecule is C[N-]C(=[N-])[N-]C. The largest absolute Gasteiger partial charge is 0.845 e. The van der Waals surface area contributed by atoms with E-state index in [1.807, 2.05) is 0 Å². The van der Waals surface area contributed by atoms with Gasteiger partial charge in [0.1, 0.15) is 0 Å². The second kappa shape index (κ2) is 2.50. The van der Waals surface area contributed by atoms with Crippen molar-refractivity contribution in [3.05, 3.63) is 16.0 Å². The molecule has 3 nitrogen and oxygen atoms in total. The Balaban J connectivity index is 2.99. The highest BCUT2D eigenvalue weighted by Crippen LogP contribution is 1.87. The van der Waals surface area contributed by atoms with Gasteiger partial charge in [0.25, 0.3) is 0 Å². The summed E-state index contributed by atoms with van der Waals surface area (Å²) in [4.78, 5) is 0. The molecule has 0 aliphatic heterocycles. The van der Waals surface area contributed by atoms with Gasteiger partial charge in [-0.25, -0.2) is 0 Å². The Morgan fingerprint density at radius 2 is 1.67 bits per heavy atom. The second-order valence-corrected chi connectivity index (χ2v) is 0.747. The van der Waals surface area contributed by atoms with Crippen LogP contribution in [0.1, 0.15) is 0 Å². The van der Waals surface area contributed by atoms with E-state index < -0.39 is 0 Å². The van der Waals surface area contributed by atoms with Crippen molar-refractivity contribution in [3.8, 4) is 0 Å². The van der Waals surface area contributed by atoms with Crippen molar-refractivity contribution < 1.29 is 0 Å². The lowest BCUT2D eigenvalue weighted by Crippen LogP contribution is -1.84. The minimum atomic E-state index is -0.157. The van der Waals surface area contributed by atoms with Crippen LogP contribution in [0, 0.1) is 0 Å². The Bertz CT molecular complexity index is 44.0. The molecule has 0 radical (unpaired) electrons. The molecule has 0 bridgehead atoms. The summed E-state index contributed by atoms with van der Waals surface area (Å²) in [6.45, 7) is 0. The molecular formula is C3H6N3-3. The van der Waals surface area contributed by atoms with E-state index in [9.17, 15) is 0 Å². The Morgan fingerprint density at radius 1 is 1.33 bits per heavy atom. The van der Waals surface area contributed by atoms with Crippen LogP contribution in [-0.4, -0.2) is 20.1 Å².